The maximum absolute atomic E-state index is 10.9. The van der Waals surface area contributed by atoms with E-state index in [4.69, 9.17) is 19.8 Å². The minimum Gasteiger partial charge on any atom is -0.410 e. The van der Waals surface area contributed by atoms with Gasteiger partial charge in [-0.05, 0) is 51.7 Å². The molecular formula is C14H20BNO4. The van der Waals surface area contributed by atoms with Crippen LogP contribution in [0.3, 0.4) is 0 Å². The number of carbonyl (C=O) groups excluding carboxylic acids is 1. The Labute approximate surface area is 119 Å². The summed E-state index contributed by atoms with van der Waals surface area (Å²) in [6.45, 7) is 9.81. The molecule has 0 aromatic heterocycles. The predicted octanol–water partition coefficient (Wildman–Crippen LogP) is 1.75. The minimum absolute atomic E-state index is 0.412. The van der Waals surface area contributed by atoms with Crippen LogP contribution >= 0.6 is 0 Å². The van der Waals surface area contributed by atoms with Gasteiger partial charge in [0.05, 0.1) is 11.2 Å². The highest BCUT2D eigenvalue weighted by Crippen LogP contribution is 2.37. The van der Waals surface area contributed by atoms with E-state index in [0.717, 1.165) is 11.0 Å². The van der Waals surface area contributed by atoms with E-state index in [-0.39, 0.29) is 0 Å². The molecule has 0 spiro atoms. The van der Waals surface area contributed by atoms with E-state index in [2.05, 4.69) is 0 Å². The van der Waals surface area contributed by atoms with Crippen LogP contribution in [0.1, 0.15) is 33.3 Å². The Balaban J connectivity index is 2.34. The second kappa shape index (κ2) is 4.79. The number of hydrogen-bond acceptors (Lipinski definition) is 4. The average Bonchev–Trinajstić information content (AvgIpc) is 2.50. The van der Waals surface area contributed by atoms with E-state index < -0.39 is 24.4 Å². The summed E-state index contributed by atoms with van der Waals surface area (Å²) in [6.07, 6.45) is -0.834. The highest BCUT2D eigenvalue weighted by atomic mass is 16.7. The summed E-state index contributed by atoms with van der Waals surface area (Å²) in [7, 11) is -0.489. The number of primary amides is 1. The molecule has 20 heavy (non-hydrogen) atoms. The Bertz CT molecular complexity index is 526. The molecule has 1 saturated heterocycles. The number of carbonyl (C=O) groups is 1. The molecule has 2 N–H and O–H groups in total. The summed E-state index contributed by atoms with van der Waals surface area (Å²) in [5, 5.41) is 0. The van der Waals surface area contributed by atoms with Gasteiger partial charge in [0.2, 0.25) is 0 Å². The molecule has 108 valence electrons. The third-order valence-corrected chi connectivity index (χ3v) is 4.04. The van der Waals surface area contributed by atoms with Crippen molar-refractivity contribution >= 4 is 18.7 Å². The van der Waals surface area contributed by atoms with Gasteiger partial charge in [0, 0.05) is 0 Å². The largest absolute Gasteiger partial charge is 0.495 e. The van der Waals surface area contributed by atoms with E-state index in [9.17, 15) is 4.79 Å². The Morgan fingerprint density at radius 2 is 1.75 bits per heavy atom. The van der Waals surface area contributed by atoms with Gasteiger partial charge in [-0.2, -0.15) is 0 Å². The van der Waals surface area contributed by atoms with Crippen molar-refractivity contribution in [3.8, 4) is 5.75 Å². The number of amides is 1. The second-order valence-electron chi connectivity index (χ2n) is 5.98. The fourth-order valence-electron chi connectivity index (χ4n) is 2.08. The van der Waals surface area contributed by atoms with Crippen molar-refractivity contribution in [3.63, 3.8) is 0 Å². The zero-order valence-corrected chi connectivity index (χ0v) is 12.5. The lowest BCUT2D eigenvalue weighted by Crippen LogP contribution is -2.41. The van der Waals surface area contributed by atoms with Gasteiger partial charge >= 0.3 is 13.2 Å². The van der Waals surface area contributed by atoms with Crippen LogP contribution in [0.15, 0.2) is 18.2 Å². The quantitative estimate of drug-likeness (QED) is 0.836. The minimum atomic E-state index is -0.834. The summed E-state index contributed by atoms with van der Waals surface area (Å²) < 4.78 is 17.0. The standard InChI is InChI=1S/C14H20BNO4/c1-9-10(7-6-8-11(9)18-12(16)17)15-19-13(2,3)14(4,5)20-15/h6-8H,1-5H3,(H2,16,17). The number of benzene rings is 1. The number of hydrogen-bond donors (Lipinski definition) is 1. The summed E-state index contributed by atoms with van der Waals surface area (Å²) >= 11 is 0. The van der Waals surface area contributed by atoms with Gasteiger partial charge < -0.3 is 19.8 Å². The van der Waals surface area contributed by atoms with Crippen molar-refractivity contribution in [3.05, 3.63) is 23.8 Å². The third kappa shape index (κ3) is 2.53. The fraction of sp³-hybridized carbons (Fsp3) is 0.500. The molecule has 0 unspecified atom stereocenters. The third-order valence-electron chi connectivity index (χ3n) is 4.04. The second-order valence-corrected chi connectivity index (χ2v) is 5.98. The summed E-state index contributed by atoms with van der Waals surface area (Å²) in [6, 6.07) is 5.37. The van der Waals surface area contributed by atoms with Crippen molar-refractivity contribution in [1.82, 2.24) is 0 Å². The van der Waals surface area contributed by atoms with Gasteiger partial charge in [-0.3, -0.25) is 0 Å². The monoisotopic (exact) mass is 277 g/mol. The van der Waals surface area contributed by atoms with Gasteiger partial charge in [-0.15, -0.1) is 0 Å². The van der Waals surface area contributed by atoms with E-state index in [1.54, 1.807) is 12.1 Å². The first-order chi connectivity index (χ1) is 9.14. The van der Waals surface area contributed by atoms with E-state index >= 15 is 0 Å². The Kier molecular flexibility index (Phi) is 3.56. The van der Waals surface area contributed by atoms with Crippen molar-refractivity contribution in [2.45, 2.75) is 45.8 Å². The van der Waals surface area contributed by atoms with Gasteiger partial charge in [0.25, 0.3) is 0 Å². The smallest absolute Gasteiger partial charge is 0.410 e. The highest BCUT2D eigenvalue weighted by molar-refractivity contribution is 6.62. The molecule has 1 fully saturated rings. The molecule has 2 rings (SSSR count). The molecule has 1 aromatic carbocycles. The molecule has 0 aliphatic carbocycles. The normalized spacial score (nSPS) is 19.9. The van der Waals surface area contributed by atoms with Crippen LogP contribution in [0.25, 0.3) is 0 Å². The molecule has 1 aliphatic rings. The lowest BCUT2D eigenvalue weighted by molar-refractivity contribution is 0.00578. The summed E-state index contributed by atoms with van der Waals surface area (Å²) in [5.74, 6) is 0.421. The summed E-state index contributed by atoms with van der Waals surface area (Å²) in [5.41, 5.74) is 5.85. The maximum Gasteiger partial charge on any atom is 0.495 e. The van der Waals surface area contributed by atoms with Crippen LogP contribution < -0.4 is 15.9 Å². The molecule has 0 saturated carbocycles. The average molecular weight is 277 g/mol. The van der Waals surface area contributed by atoms with Crippen LogP contribution in [-0.2, 0) is 9.31 Å². The molecule has 1 aromatic rings. The van der Waals surface area contributed by atoms with Crippen LogP contribution in [0.4, 0.5) is 4.79 Å². The molecule has 1 heterocycles. The van der Waals surface area contributed by atoms with Gasteiger partial charge in [-0.25, -0.2) is 4.79 Å². The van der Waals surface area contributed by atoms with Crippen molar-refractivity contribution < 1.29 is 18.8 Å². The van der Waals surface area contributed by atoms with Crippen LogP contribution in [0.5, 0.6) is 5.75 Å². The van der Waals surface area contributed by atoms with E-state index in [0.29, 0.717) is 5.75 Å². The van der Waals surface area contributed by atoms with Crippen LogP contribution in [0, 0.1) is 6.92 Å². The fourth-order valence-corrected chi connectivity index (χ4v) is 2.08. The zero-order chi connectivity index (χ0) is 15.1. The van der Waals surface area contributed by atoms with Crippen LogP contribution in [-0.4, -0.2) is 24.4 Å². The Hall–Kier alpha value is -1.53. The number of rotatable bonds is 2. The van der Waals surface area contributed by atoms with E-state index in [1.807, 2.05) is 40.7 Å². The lowest BCUT2D eigenvalue weighted by Gasteiger charge is -2.32. The topological polar surface area (TPSA) is 70.8 Å². The van der Waals surface area contributed by atoms with E-state index in [1.165, 1.54) is 0 Å². The number of nitrogens with two attached hydrogens (primary N) is 1. The molecule has 6 heteroatoms. The predicted molar refractivity (Wildman–Crippen MR) is 77.1 cm³/mol. The SMILES string of the molecule is Cc1c(OC(N)=O)cccc1B1OC(C)(C)C(C)(C)O1. The Morgan fingerprint density at radius 1 is 1.20 bits per heavy atom. The van der Waals surface area contributed by atoms with Crippen molar-refractivity contribution in [2.75, 3.05) is 0 Å². The zero-order valence-electron chi connectivity index (χ0n) is 12.5. The van der Waals surface area contributed by atoms with Gasteiger partial charge in [-0.1, -0.05) is 12.1 Å². The molecular weight excluding hydrogens is 257 g/mol. The first-order valence-corrected chi connectivity index (χ1v) is 6.56. The first kappa shape index (κ1) is 14.9. The highest BCUT2D eigenvalue weighted by Gasteiger charge is 2.52. The molecule has 0 radical (unpaired) electrons. The van der Waals surface area contributed by atoms with Gasteiger partial charge in [0.1, 0.15) is 5.75 Å². The molecule has 0 atom stereocenters. The van der Waals surface area contributed by atoms with Gasteiger partial charge in [0.15, 0.2) is 0 Å². The lowest BCUT2D eigenvalue weighted by atomic mass is 9.76. The first-order valence-electron chi connectivity index (χ1n) is 6.56. The molecule has 1 amide bonds. The molecule has 5 nitrogen and oxygen atoms in total. The number of ether oxygens (including phenoxy) is 1. The van der Waals surface area contributed by atoms with Crippen molar-refractivity contribution in [2.24, 2.45) is 5.73 Å². The molecule has 0 bridgehead atoms. The summed E-state index contributed by atoms with van der Waals surface area (Å²) in [4.78, 5) is 10.9. The molecule has 1 aliphatic heterocycles. The Morgan fingerprint density at radius 3 is 2.25 bits per heavy atom. The van der Waals surface area contributed by atoms with Crippen LogP contribution in [0.2, 0.25) is 0 Å². The maximum atomic E-state index is 10.9. The van der Waals surface area contributed by atoms with Crippen molar-refractivity contribution in [1.29, 1.82) is 0 Å².